The molecule has 0 aliphatic rings. The number of carbonyl (C=O) groups is 1. The fourth-order valence-electron chi connectivity index (χ4n) is 1.89. The number of hydrogen-bond donors (Lipinski definition) is 3. The first-order chi connectivity index (χ1) is 9.54. The molecule has 1 aromatic carbocycles. The Morgan fingerprint density at radius 2 is 2.30 bits per heavy atom. The third-order valence-corrected chi connectivity index (χ3v) is 3.28. The van der Waals surface area contributed by atoms with E-state index in [1.807, 2.05) is 0 Å². The first-order valence-corrected chi connectivity index (χ1v) is 6.32. The highest BCUT2D eigenvalue weighted by atomic mass is 35.5. The van der Waals surface area contributed by atoms with E-state index in [9.17, 15) is 4.79 Å². The number of nitrogen functional groups attached to an aromatic ring is 1. The third-order valence-electron chi connectivity index (χ3n) is 2.92. The molecular formula is C13H15ClN4O2. The summed E-state index contributed by atoms with van der Waals surface area (Å²) in [7, 11) is 1.55. The van der Waals surface area contributed by atoms with Gasteiger partial charge in [0.1, 0.15) is 11.3 Å². The van der Waals surface area contributed by atoms with Crippen LogP contribution >= 0.6 is 11.6 Å². The summed E-state index contributed by atoms with van der Waals surface area (Å²) in [6.07, 6.45) is 0. The van der Waals surface area contributed by atoms with Crippen molar-refractivity contribution in [2.75, 3.05) is 12.8 Å². The van der Waals surface area contributed by atoms with Gasteiger partial charge in [0.25, 0.3) is 5.91 Å². The van der Waals surface area contributed by atoms with E-state index in [4.69, 9.17) is 22.1 Å². The largest absolute Gasteiger partial charge is 0.496 e. The van der Waals surface area contributed by atoms with E-state index >= 15 is 0 Å². The molecule has 0 aliphatic heterocycles. The Balaban J connectivity index is 2.16. The van der Waals surface area contributed by atoms with E-state index in [2.05, 4.69) is 15.5 Å². The van der Waals surface area contributed by atoms with Crippen LogP contribution in [0.3, 0.4) is 0 Å². The number of aryl methyl sites for hydroxylation is 1. The van der Waals surface area contributed by atoms with E-state index in [1.165, 1.54) is 0 Å². The van der Waals surface area contributed by atoms with Crippen molar-refractivity contribution in [3.8, 4) is 5.75 Å². The predicted octanol–water partition coefficient (Wildman–Crippen LogP) is 1.89. The SMILES string of the molecule is COc1cccc(Cl)c1CNC(=O)c1c(N)n[nH]c1C. The molecule has 1 heterocycles. The summed E-state index contributed by atoms with van der Waals surface area (Å²) in [6.45, 7) is 1.97. The zero-order valence-electron chi connectivity index (χ0n) is 11.2. The molecule has 0 radical (unpaired) electrons. The maximum atomic E-state index is 12.1. The van der Waals surface area contributed by atoms with Crippen molar-refractivity contribution in [2.24, 2.45) is 0 Å². The van der Waals surface area contributed by atoms with Gasteiger partial charge in [-0.25, -0.2) is 0 Å². The second-order valence-electron chi connectivity index (χ2n) is 4.21. The molecule has 0 fully saturated rings. The zero-order valence-corrected chi connectivity index (χ0v) is 11.9. The number of nitrogens with zero attached hydrogens (tertiary/aromatic N) is 1. The average Bonchev–Trinajstić information content (AvgIpc) is 2.76. The van der Waals surface area contributed by atoms with Crippen LogP contribution in [0.2, 0.25) is 5.02 Å². The van der Waals surface area contributed by atoms with E-state index in [-0.39, 0.29) is 18.3 Å². The van der Waals surface area contributed by atoms with Crippen LogP contribution in [-0.2, 0) is 6.54 Å². The lowest BCUT2D eigenvalue weighted by Gasteiger charge is -2.11. The summed E-state index contributed by atoms with van der Waals surface area (Å²) >= 11 is 6.10. The van der Waals surface area contributed by atoms with E-state index in [1.54, 1.807) is 32.2 Å². The molecule has 6 nitrogen and oxygen atoms in total. The summed E-state index contributed by atoms with van der Waals surface area (Å²) < 4.78 is 5.22. The molecule has 0 saturated carbocycles. The van der Waals surface area contributed by atoms with Crippen LogP contribution in [0, 0.1) is 6.92 Å². The number of aromatic nitrogens is 2. The Morgan fingerprint density at radius 3 is 2.90 bits per heavy atom. The third kappa shape index (κ3) is 2.70. The lowest BCUT2D eigenvalue weighted by molar-refractivity contribution is 0.0951. The summed E-state index contributed by atoms with van der Waals surface area (Å²) in [5.74, 6) is 0.483. The van der Waals surface area contributed by atoms with Crippen molar-refractivity contribution in [3.63, 3.8) is 0 Å². The molecule has 0 bridgehead atoms. The van der Waals surface area contributed by atoms with Crippen molar-refractivity contribution in [3.05, 3.63) is 40.0 Å². The van der Waals surface area contributed by atoms with Gasteiger partial charge in [-0.15, -0.1) is 0 Å². The number of ether oxygens (including phenoxy) is 1. The standard InChI is InChI=1S/C13H15ClN4O2/c1-7-11(12(15)18-17-7)13(19)16-6-8-9(14)4-3-5-10(8)20-2/h3-5H,6H2,1-2H3,(H,16,19)(H3,15,17,18). The number of halogens is 1. The van der Waals surface area contributed by atoms with Crippen LogP contribution in [0.15, 0.2) is 18.2 Å². The molecule has 7 heteroatoms. The number of anilines is 1. The minimum Gasteiger partial charge on any atom is -0.496 e. The van der Waals surface area contributed by atoms with Crippen molar-refractivity contribution in [1.82, 2.24) is 15.5 Å². The Morgan fingerprint density at radius 1 is 1.55 bits per heavy atom. The molecule has 1 aromatic heterocycles. The summed E-state index contributed by atoms with van der Waals surface area (Å²) in [4.78, 5) is 12.1. The molecule has 2 aromatic rings. The molecule has 0 unspecified atom stereocenters. The number of H-pyrrole nitrogens is 1. The Bertz CT molecular complexity index is 620. The Hall–Kier alpha value is -2.21. The second-order valence-corrected chi connectivity index (χ2v) is 4.62. The highest BCUT2D eigenvalue weighted by molar-refractivity contribution is 6.31. The van der Waals surface area contributed by atoms with E-state index in [0.717, 1.165) is 0 Å². The van der Waals surface area contributed by atoms with Crippen LogP contribution in [0.4, 0.5) is 5.82 Å². The molecule has 106 valence electrons. The quantitative estimate of drug-likeness (QED) is 0.803. The smallest absolute Gasteiger partial charge is 0.257 e. The topological polar surface area (TPSA) is 93.0 Å². The van der Waals surface area contributed by atoms with E-state index < -0.39 is 0 Å². The van der Waals surface area contributed by atoms with Crippen LogP contribution in [0.1, 0.15) is 21.6 Å². The number of hydrogen-bond acceptors (Lipinski definition) is 4. The van der Waals surface area contributed by atoms with Crippen molar-refractivity contribution < 1.29 is 9.53 Å². The maximum Gasteiger partial charge on any atom is 0.257 e. The van der Waals surface area contributed by atoms with Crippen molar-refractivity contribution >= 4 is 23.3 Å². The molecule has 0 aliphatic carbocycles. The number of amides is 1. The van der Waals surface area contributed by atoms with Crippen molar-refractivity contribution in [1.29, 1.82) is 0 Å². The lowest BCUT2D eigenvalue weighted by Crippen LogP contribution is -2.24. The molecule has 2 rings (SSSR count). The summed E-state index contributed by atoms with van der Waals surface area (Å²) in [6, 6.07) is 5.30. The number of carbonyl (C=O) groups excluding carboxylic acids is 1. The fraction of sp³-hybridized carbons (Fsp3) is 0.231. The van der Waals surface area contributed by atoms with Gasteiger partial charge in [0, 0.05) is 22.8 Å². The Kier molecular flexibility index (Phi) is 4.14. The summed E-state index contributed by atoms with van der Waals surface area (Å²) in [5, 5.41) is 9.73. The van der Waals surface area contributed by atoms with Gasteiger partial charge in [0.05, 0.1) is 7.11 Å². The van der Waals surface area contributed by atoms with Crippen LogP contribution in [0.5, 0.6) is 5.75 Å². The maximum absolute atomic E-state index is 12.1. The van der Waals surface area contributed by atoms with Gasteiger partial charge in [-0.3, -0.25) is 9.89 Å². The normalized spacial score (nSPS) is 10.3. The first-order valence-electron chi connectivity index (χ1n) is 5.94. The minimum atomic E-state index is -0.310. The molecule has 4 N–H and O–H groups in total. The summed E-state index contributed by atoms with van der Waals surface area (Å²) in [5.41, 5.74) is 7.32. The van der Waals surface area contributed by atoms with Crippen LogP contribution < -0.4 is 15.8 Å². The number of methoxy groups -OCH3 is 1. The molecule has 0 saturated heterocycles. The monoisotopic (exact) mass is 294 g/mol. The highest BCUT2D eigenvalue weighted by Gasteiger charge is 2.17. The first kappa shape index (κ1) is 14.2. The van der Waals surface area contributed by atoms with Gasteiger partial charge in [0.15, 0.2) is 5.82 Å². The minimum absolute atomic E-state index is 0.172. The van der Waals surface area contributed by atoms with Gasteiger partial charge in [-0.05, 0) is 19.1 Å². The molecule has 20 heavy (non-hydrogen) atoms. The van der Waals surface area contributed by atoms with Crippen molar-refractivity contribution in [2.45, 2.75) is 13.5 Å². The van der Waals surface area contributed by atoms with Gasteiger partial charge in [0.2, 0.25) is 0 Å². The molecular weight excluding hydrogens is 280 g/mol. The van der Waals surface area contributed by atoms with Gasteiger partial charge >= 0.3 is 0 Å². The Labute approximate surface area is 121 Å². The van der Waals surface area contributed by atoms with Gasteiger partial charge in [-0.1, -0.05) is 17.7 Å². The highest BCUT2D eigenvalue weighted by Crippen LogP contribution is 2.26. The number of nitrogens with one attached hydrogen (secondary N) is 2. The average molecular weight is 295 g/mol. The van der Waals surface area contributed by atoms with Crippen LogP contribution in [0.25, 0.3) is 0 Å². The van der Waals surface area contributed by atoms with Gasteiger partial charge < -0.3 is 15.8 Å². The second kappa shape index (κ2) is 5.83. The van der Waals surface area contributed by atoms with Gasteiger partial charge in [-0.2, -0.15) is 5.10 Å². The molecule has 0 atom stereocenters. The molecule has 0 spiro atoms. The van der Waals surface area contributed by atoms with Crippen LogP contribution in [-0.4, -0.2) is 23.2 Å². The predicted molar refractivity (Wildman–Crippen MR) is 76.9 cm³/mol. The zero-order chi connectivity index (χ0) is 14.7. The fourth-order valence-corrected chi connectivity index (χ4v) is 2.13. The number of nitrogens with two attached hydrogens (primary N) is 1. The molecule has 1 amide bonds. The number of aromatic amines is 1. The lowest BCUT2D eigenvalue weighted by atomic mass is 10.2. The number of rotatable bonds is 4. The number of benzene rings is 1. The van der Waals surface area contributed by atoms with E-state index in [0.29, 0.717) is 27.6 Å².